The lowest BCUT2D eigenvalue weighted by molar-refractivity contribution is -0.156. The number of rotatable bonds is 3. The predicted octanol–water partition coefficient (Wildman–Crippen LogP) is 2.21. The van der Waals surface area contributed by atoms with Crippen molar-refractivity contribution in [2.24, 2.45) is 5.73 Å². The number of nitrogens with two attached hydrogens (primary N) is 1. The topological polar surface area (TPSA) is 52.3 Å². The molecule has 0 aliphatic heterocycles. The van der Waals surface area contributed by atoms with Crippen LogP contribution in [0.15, 0.2) is 24.3 Å². The fourth-order valence-electron chi connectivity index (χ4n) is 1.54. The van der Waals surface area contributed by atoms with Crippen LogP contribution in [0, 0.1) is 6.92 Å². The standard InChI is InChI=1S/C14H21NO2/c1-10-7-5-6-8-11(10)9-12(15)13(16)17-14(2,3)4/h5-8,12H,9,15H2,1-4H3/t12-/m0/s1. The Balaban J connectivity index is 2.64. The number of benzene rings is 1. The molecule has 0 spiro atoms. The molecule has 0 saturated heterocycles. The summed E-state index contributed by atoms with van der Waals surface area (Å²) in [5, 5.41) is 0. The number of carbonyl (C=O) groups is 1. The van der Waals surface area contributed by atoms with Gasteiger partial charge in [-0.15, -0.1) is 0 Å². The molecule has 0 radical (unpaired) electrons. The van der Waals surface area contributed by atoms with Gasteiger partial charge in [-0.25, -0.2) is 0 Å². The predicted molar refractivity (Wildman–Crippen MR) is 68.7 cm³/mol. The lowest BCUT2D eigenvalue weighted by Crippen LogP contribution is -2.38. The summed E-state index contributed by atoms with van der Waals surface area (Å²) in [6.45, 7) is 7.53. The summed E-state index contributed by atoms with van der Waals surface area (Å²) in [6, 6.07) is 7.31. The summed E-state index contributed by atoms with van der Waals surface area (Å²) in [4.78, 5) is 11.7. The summed E-state index contributed by atoms with van der Waals surface area (Å²) in [5.41, 5.74) is 7.60. The number of hydrogen-bond acceptors (Lipinski definition) is 3. The molecular formula is C14H21NO2. The number of ether oxygens (including phenoxy) is 1. The van der Waals surface area contributed by atoms with Crippen molar-refractivity contribution >= 4 is 5.97 Å². The van der Waals surface area contributed by atoms with Crippen molar-refractivity contribution in [3.05, 3.63) is 35.4 Å². The molecule has 0 fully saturated rings. The molecule has 0 saturated carbocycles. The summed E-state index contributed by atoms with van der Waals surface area (Å²) in [7, 11) is 0. The minimum atomic E-state index is -0.602. The second kappa shape index (κ2) is 5.32. The lowest BCUT2D eigenvalue weighted by Gasteiger charge is -2.22. The molecule has 1 aromatic carbocycles. The van der Waals surface area contributed by atoms with Gasteiger partial charge in [0.15, 0.2) is 0 Å². The Morgan fingerprint density at radius 1 is 1.35 bits per heavy atom. The Kier molecular flexibility index (Phi) is 4.29. The molecule has 0 bridgehead atoms. The van der Waals surface area contributed by atoms with Crippen LogP contribution in [0.5, 0.6) is 0 Å². The highest BCUT2D eigenvalue weighted by Gasteiger charge is 2.22. The van der Waals surface area contributed by atoms with E-state index in [0.717, 1.165) is 11.1 Å². The van der Waals surface area contributed by atoms with Crippen molar-refractivity contribution < 1.29 is 9.53 Å². The number of aryl methyl sites for hydroxylation is 1. The first kappa shape index (κ1) is 13.7. The molecule has 0 heterocycles. The minimum absolute atomic E-state index is 0.347. The zero-order chi connectivity index (χ0) is 13.1. The smallest absolute Gasteiger partial charge is 0.323 e. The molecule has 3 nitrogen and oxygen atoms in total. The second-order valence-electron chi connectivity index (χ2n) is 5.27. The maximum Gasteiger partial charge on any atom is 0.323 e. The quantitative estimate of drug-likeness (QED) is 0.817. The summed E-state index contributed by atoms with van der Waals surface area (Å²) in [5.74, 6) is -0.347. The van der Waals surface area contributed by atoms with Crippen LogP contribution in [-0.4, -0.2) is 17.6 Å². The molecule has 0 aromatic heterocycles. The van der Waals surface area contributed by atoms with E-state index in [9.17, 15) is 4.79 Å². The van der Waals surface area contributed by atoms with E-state index < -0.39 is 11.6 Å². The third-order valence-electron chi connectivity index (χ3n) is 2.41. The van der Waals surface area contributed by atoms with Gasteiger partial charge in [-0.1, -0.05) is 24.3 Å². The van der Waals surface area contributed by atoms with Crippen molar-refractivity contribution in [1.82, 2.24) is 0 Å². The van der Waals surface area contributed by atoms with Crippen molar-refractivity contribution in [2.45, 2.75) is 45.8 Å². The zero-order valence-corrected chi connectivity index (χ0v) is 11.0. The van der Waals surface area contributed by atoms with E-state index in [1.54, 1.807) is 0 Å². The maximum atomic E-state index is 11.7. The third-order valence-corrected chi connectivity index (χ3v) is 2.41. The van der Waals surface area contributed by atoms with Crippen molar-refractivity contribution in [3.63, 3.8) is 0 Å². The molecule has 1 aromatic rings. The monoisotopic (exact) mass is 235 g/mol. The van der Waals surface area contributed by atoms with E-state index in [1.807, 2.05) is 52.0 Å². The largest absolute Gasteiger partial charge is 0.459 e. The van der Waals surface area contributed by atoms with Gasteiger partial charge in [-0.2, -0.15) is 0 Å². The van der Waals surface area contributed by atoms with Gasteiger partial charge in [0, 0.05) is 0 Å². The van der Waals surface area contributed by atoms with Crippen LogP contribution < -0.4 is 5.73 Å². The minimum Gasteiger partial charge on any atom is -0.459 e. The molecule has 17 heavy (non-hydrogen) atoms. The SMILES string of the molecule is Cc1ccccc1C[C@H](N)C(=O)OC(C)(C)C. The van der Waals surface area contributed by atoms with Crippen LogP contribution in [0.1, 0.15) is 31.9 Å². The molecule has 94 valence electrons. The van der Waals surface area contributed by atoms with E-state index in [1.165, 1.54) is 0 Å². The average Bonchev–Trinajstić information content (AvgIpc) is 2.18. The highest BCUT2D eigenvalue weighted by molar-refractivity contribution is 5.76. The summed E-state index contributed by atoms with van der Waals surface area (Å²) < 4.78 is 5.25. The molecule has 0 unspecified atom stereocenters. The highest BCUT2D eigenvalue weighted by atomic mass is 16.6. The highest BCUT2D eigenvalue weighted by Crippen LogP contribution is 2.12. The van der Waals surface area contributed by atoms with Crippen LogP contribution in [-0.2, 0) is 16.0 Å². The number of hydrogen-bond donors (Lipinski definition) is 1. The van der Waals surface area contributed by atoms with Crippen LogP contribution in [0.4, 0.5) is 0 Å². The van der Waals surface area contributed by atoms with Gasteiger partial charge in [-0.3, -0.25) is 4.79 Å². The zero-order valence-electron chi connectivity index (χ0n) is 11.0. The van der Waals surface area contributed by atoms with Crippen molar-refractivity contribution in [3.8, 4) is 0 Å². The van der Waals surface area contributed by atoms with E-state index in [4.69, 9.17) is 10.5 Å². The molecule has 0 aliphatic carbocycles. The molecule has 1 atom stereocenters. The van der Waals surface area contributed by atoms with Crippen LogP contribution >= 0.6 is 0 Å². The van der Waals surface area contributed by atoms with Gasteiger partial charge >= 0.3 is 5.97 Å². The fraction of sp³-hybridized carbons (Fsp3) is 0.500. The van der Waals surface area contributed by atoms with E-state index in [2.05, 4.69) is 0 Å². The van der Waals surface area contributed by atoms with E-state index in [0.29, 0.717) is 6.42 Å². The molecule has 2 N–H and O–H groups in total. The lowest BCUT2D eigenvalue weighted by atomic mass is 10.0. The van der Waals surface area contributed by atoms with Crippen LogP contribution in [0.2, 0.25) is 0 Å². The Morgan fingerprint density at radius 2 is 1.94 bits per heavy atom. The normalized spacial score (nSPS) is 13.2. The van der Waals surface area contributed by atoms with Gasteiger partial charge < -0.3 is 10.5 Å². The Hall–Kier alpha value is -1.35. The number of carbonyl (C=O) groups excluding carboxylic acids is 1. The van der Waals surface area contributed by atoms with Gasteiger partial charge in [-0.05, 0) is 45.2 Å². The summed E-state index contributed by atoms with van der Waals surface area (Å²) >= 11 is 0. The first-order valence-electron chi connectivity index (χ1n) is 5.82. The van der Waals surface area contributed by atoms with Gasteiger partial charge in [0.05, 0.1) is 0 Å². The van der Waals surface area contributed by atoms with Gasteiger partial charge in [0.25, 0.3) is 0 Å². The second-order valence-corrected chi connectivity index (χ2v) is 5.27. The van der Waals surface area contributed by atoms with Crippen molar-refractivity contribution in [2.75, 3.05) is 0 Å². The van der Waals surface area contributed by atoms with Crippen molar-refractivity contribution in [1.29, 1.82) is 0 Å². The Morgan fingerprint density at radius 3 is 2.47 bits per heavy atom. The first-order chi connectivity index (χ1) is 7.79. The molecule has 0 aliphatic rings. The van der Waals surface area contributed by atoms with Gasteiger partial charge in [0.2, 0.25) is 0 Å². The summed E-state index contributed by atoms with van der Waals surface area (Å²) in [6.07, 6.45) is 0.515. The molecule has 0 amide bonds. The third kappa shape index (κ3) is 4.57. The van der Waals surface area contributed by atoms with Crippen LogP contribution in [0.3, 0.4) is 0 Å². The Labute approximate surface area is 103 Å². The Bertz CT molecular complexity index is 393. The van der Waals surface area contributed by atoms with E-state index in [-0.39, 0.29) is 5.97 Å². The molecule has 1 rings (SSSR count). The van der Waals surface area contributed by atoms with Crippen LogP contribution in [0.25, 0.3) is 0 Å². The number of esters is 1. The molecule has 3 heteroatoms. The maximum absolute atomic E-state index is 11.7. The average molecular weight is 235 g/mol. The first-order valence-corrected chi connectivity index (χ1v) is 5.82. The fourth-order valence-corrected chi connectivity index (χ4v) is 1.54. The molecular weight excluding hydrogens is 214 g/mol. The van der Waals surface area contributed by atoms with E-state index >= 15 is 0 Å². The van der Waals surface area contributed by atoms with Gasteiger partial charge in [0.1, 0.15) is 11.6 Å².